The summed E-state index contributed by atoms with van der Waals surface area (Å²) < 4.78 is 0. The molecular weight excluding hydrogens is 302 g/mol. The van der Waals surface area contributed by atoms with Gasteiger partial charge in [0.05, 0.1) is 0 Å². The van der Waals surface area contributed by atoms with Crippen molar-refractivity contribution < 1.29 is 9.59 Å². The first-order chi connectivity index (χ1) is 11.4. The maximum absolute atomic E-state index is 12.6. The largest absolute Gasteiger partial charge is 0.339 e. The summed E-state index contributed by atoms with van der Waals surface area (Å²) in [5.41, 5.74) is 0.712. The molecular formula is C19H29N3O2. The Hall–Kier alpha value is -1.88. The molecule has 1 unspecified atom stereocenters. The highest BCUT2D eigenvalue weighted by Gasteiger charge is 2.27. The zero-order valence-electron chi connectivity index (χ0n) is 15.2. The first kappa shape index (κ1) is 18.5. The predicted molar refractivity (Wildman–Crippen MR) is 95.9 cm³/mol. The average molecular weight is 331 g/mol. The minimum atomic E-state index is -0.0197. The van der Waals surface area contributed by atoms with Crippen LogP contribution in [0.1, 0.15) is 31.1 Å². The fourth-order valence-corrected chi connectivity index (χ4v) is 2.93. The SMILES string of the molecule is CC(CN(C)C(C)C)C(=O)N1CCN(C(=O)c2ccccc2)CC1. The van der Waals surface area contributed by atoms with Crippen molar-refractivity contribution in [2.75, 3.05) is 39.8 Å². The van der Waals surface area contributed by atoms with Crippen LogP contribution in [0.2, 0.25) is 0 Å². The molecule has 1 saturated heterocycles. The quantitative estimate of drug-likeness (QED) is 0.828. The Balaban J connectivity index is 1.86. The van der Waals surface area contributed by atoms with Gasteiger partial charge in [0.1, 0.15) is 0 Å². The molecule has 1 aliphatic rings. The monoisotopic (exact) mass is 331 g/mol. The van der Waals surface area contributed by atoms with E-state index in [-0.39, 0.29) is 17.7 Å². The molecule has 132 valence electrons. The van der Waals surface area contributed by atoms with Gasteiger partial charge in [0.2, 0.25) is 5.91 Å². The van der Waals surface area contributed by atoms with Crippen LogP contribution >= 0.6 is 0 Å². The molecule has 0 aromatic heterocycles. The molecule has 1 aromatic rings. The molecule has 0 N–H and O–H groups in total. The molecule has 1 aliphatic heterocycles. The zero-order valence-corrected chi connectivity index (χ0v) is 15.2. The molecule has 0 saturated carbocycles. The van der Waals surface area contributed by atoms with Crippen molar-refractivity contribution in [2.45, 2.75) is 26.8 Å². The number of benzene rings is 1. The van der Waals surface area contributed by atoms with Crippen LogP contribution in [-0.4, -0.2) is 72.3 Å². The van der Waals surface area contributed by atoms with Gasteiger partial charge >= 0.3 is 0 Å². The molecule has 2 rings (SSSR count). The van der Waals surface area contributed by atoms with E-state index in [0.29, 0.717) is 37.8 Å². The maximum atomic E-state index is 12.6. The molecule has 0 radical (unpaired) electrons. The number of nitrogens with zero attached hydrogens (tertiary/aromatic N) is 3. The lowest BCUT2D eigenvalue weighted by Crippen LogP contribution is -2.52. The van der Waals surface area contributed by atoms with Gasteiger partial charge in [0, 0.05) is 50.2 Å². The average Bonchev–Trinajstić information content (AvgIpc) is 2.61. The standard InChI is InChI=1S/C19H29N3O2/c1-15(2)20(4)14-16(3)18(23)21-10-12-22(13-11-21)19(24)17-8-6-5-7-9-17/h5-9,15-16H,10-14H2,1-4H3. The van der Waals surface area contributed by atoms with Gasteiger partial charge in [-0.2, -0.15) is 0 Å². The molecule has 5 heteroatoms. The molecule has 0 aliphatic carbocycles. The van der Waals surface area contributed by atoms with E-state index in [4.69, 9.17) is 0 Å². The van der Waals surface area contributed by atoms with E-state index >= 15 is 0 Å². The summed E-state index contributed by atoms with van der Waals surface area (Å²) in [4.78, 5) is 31.0. The first-order valence-electron chi connectivity index (χ1n) is 8.73. The fraction of sp³-hybridized carbons (Fsp3) is 0.579. The van der Waals surface area contributed by atoms with E-state index in [1.54, 1.807) is 0 Å². The van der Waals surface area contributed by atoms with Gasteiger partial charge in [-0.25, -0.2) is 0 Å². The molecule has 2 amide bonds. The molecule has 1 heterocycles. The van der Waals surface area contributed by atoms with Crippen molar-refractivity contribution in [3.63, 3.8) is 0 Å². The van der Waals surface area contributed by atoms with Crippen molar-refractivity contribution in [1.82, 2.24) is 14.7 Å². The number of rotatable bonds is 5. The second-order valence-electron chi connectivity index (χ2n) is 6.92. The van der Waals surface area contributed by atoms with Crippen molar-refractivity contribution in [1.29, 1.82) is 0 Å². The van der Waals surface area contributed by atoms with Gasteiger partial charge in [-0.05, 0) is 33.0 Å². The van der Waals surface area contributed by atoms with Crippen molar-refractivity contribution in [3.05, 3.63) is 35.9 Å². The normalized spacial score (nSPS) is 16.6. The molecule has 1 atom stereocenters. The summed E-state index contributed by atoms with van der Waals surface area (Å²) in [5, 5.41) is 0. The smallest absolute Gasteiger partial charge is 0.253 e. The maximum Gasteiger partial charge on any atom is 0.253 e. The second kappa shape index (κ2) is 8.29. The fourth-order valence-electron chi connectivity index (χ4n) is 2.93. The first-order valence-corrected chi connectivity index (χ1v) is 8.73. The molecule has 1 fully saturated rings. The van der Waals surface area contributed by atoms with Crippen LogP contribution in [-0.2, 0) is 4.79 Å². The summed E-state index contributed by atoms with van der Waals surface area (Å²) >= 11 is 0. The Morgan fingerprint density at radius 3 is 2.08 bits per heavy atom. The number of hydrogen-bond acceptors (Lipinski definition) is 3. The van der Waals surface area contributed by atoms with Crippen LogP contribution in [0.25, 0.3) is 0 Å². The minimum Gasteiger partial charge on any atom is -0.339 e. The van der Waals surface area contributed by atoms with Crippen LogP contribution in [0, 0.1) is 5.92 Å². The summed E-state index contributed by atoms with van der Waals surface area (Å²) in [5.74, 6) is 0.221. The van der Waals surface area contributed by atoms with E-state index in [1.165, 1.54) is 0 Å². The highest BCUT2D eigenvalue weighted by atomic mass is 16.2. The lowest BCUT2D eigenvalue weighted by Gasteiger charge is -2.36. The second-order valence-corrected chi connectivity index (χ2v) is 6.92. The van der Waals surface area contributed by atoms with E-state index in [2.05, 4.69) is 18.7 Å². The molecule has 24 heavy (non-hydrogen) atoms. The summed E-state index contributed by atoms with van der Waals surface area (Å²) in [7, 11) is 2.05. The van der Waals surface area contributed by atoms with Gasteiger partial charge in [0.15, 0.2) is 0 Å². The number of carbonyl (C=O) groups excluding carboxylic acids is 2. The van der Waals surface area contributed by atoms with Crippen LogP contribution < -0.4 is 0 Å². The number of hydrogen-bond donors (Lipinski definition) is 0. The van der Waals surface area contributed by atoms with Crippen molar-refractivity contribution in [2.24, 2.45) is 5.92 Å². The van der Waals surface area contributed by atoms with Crippen molar-refractivity contribution in [3.8, 4) is 0 Å². The number of piperazine rings is 1. The molecule has 5 nitrogen and oxygen atoms in total. The minimum absolute atomic E-state index is 0.0197. The summed E-state index contributed by atoms with van der Waals surface area (Å²) in [6.45, 7) is 9.46. The van der Waals surface area contributed by atoms with Gasteiger partial charge in [-0.1, -0.05) is 25.1 Å². The molecule has 0 spiro atoms. The molecule has 0 bridgehead atoms. The van der Waals surface area contributed by atoms with Crippen LogP contribution in [0.15, 0.2) is 30.3 Å². The third-order valence-corrected chi connectivity index (χ3v) is 4.76. The van der Waals surface area contributed by atoms with Gasteiger partial charge in [0.25, 0.3) is 5.91 Å². The Morgan fingerprint density at radius 2 is 1.54 bits per heavy atom. The van der Waals surface area contributed by atoms with Gasteiger partial charge < -0.3 is 14.7 Å². The summed E-state index contributed by atoms with van der Waals surface area (Å²) in [6, 6.07) is 9.76. The topological polar surface area (TPSA) is 43.9 Å². The van der Waals surface area contributed by atoms with Crippen molar-refractivity contribution >= 4 is 11.8 Å². The zero-order chi connectivity index (χ0) is 17.7. The Bertz CT molecular complexity index is 551. The van der Waals surface area contributed by atoms with E-state index < -0.39 is 0 Å². The number of amides is 2. The lowest BCUT2D eigenvalue weighted by atomic mass is 10.1. The van der Waals surface area contributed by atoms with E-state index in [0.717, 1.165) is 6.54 Å². The lowest BCUT2D eigenvalue weighted by molar-refractivity contribution is -0.137. The number of carbonyl (C=O) groups is 2. The van der Waals surface area contributed by atoms with Crippen LogP contribution in [0.3, 0.4) is 0 Å². The highest BCUT2D eigenvalue weighted by molar-refractivity contribution is 5.94. The highest BCUT2D eigenvalue weighted by Crippen LogP contribution is 2.12. The van der Waals surface area contributed by atoms with Crippen LogP contribution in [0.4, 0.5) is 0 Å². The third-order valence-electron chi connectivity index (χ3n) is 4.76. The predicted octanol–water partition coefficient (Wildman–Crippen LogP) is 1.95. The van der Waals surface area contributed by atoms with Gasteiger partial charge in [-0.15, -0.1) is 0 Å². The Kier molecular flexibility index (Phi) is 6.37. The van der Waals surface area contributed by atoms with E-state index in [9.17, 15) is 9.59 Å². The third kappa shape index (κ3) is 4.57. The van der Waals surface area contributed by atoms with E-state index in [1.807, 2.05) is 54.1 Å². The van der Waals surface area contributed by atoms with Crippen LogP contribution in [0.5, 0.6) is 0 Å². The Morgan fingerprint density at radius 1 is 1.00 bits per heavy atom. The Labute approximate surface area is 145 Å². The summed E-state index contributed by atoms with van der Waals surface area (Å²) in [6.07, 6.45) is 0. The molecule has 1 aromatic carbocycles. The van der Waals surface area contributed by atoms with Gasteiger partial charge in [-0.3, -0.25) is 9.59 Å².